The molecular formula is C100H126N4O6. The van der Waals surface area contributed by atoms with Crippen LogP contribution in [0.5, 0.6) is 0 Å². The van der Waals surface area contributed by atoms with Crippen molar-refractivity contribution >= 4 is 40.0 Å². The number of aliphatic hydroxyl groups excluding tert-OH is 1. The second-order valence-electron chi connectivity index (χ2n) is 30.8. The number of fused-ring (bicyclic) bond motifs is 20. The molecular weight excluding hydrogens is 1350 g/mol. The number of ether oxygens (including phenoxy) is 2. The molecule has 0 aliphatic heterocycles. The maximum atomic E-state index is 12.7. The van der Waals surface area contributed by atoms with E-state index in [1.807, 2.05) is 0 Å². The minimum atomic E-state index is -3.73. The van der Waals surface area contributed by atoms with Gasteiger partial charge in [-0.3, -0.25) is 34.3 Å². The topological polar surface area (TPSA) is 141 Å². The third-order valence-electron chi connectivity index (χ3n) is 25.1. The smallest absolute Gasteiger partial charge is 0.302 e. The molecule has 4 aromatic heterocycles. The first-order valence-corrected chi connectivity index (χ1v) is 36.8. The van der Waals surface area contributed by atoms with Crippen LogP contribution in [-0.2, 0) is 23.9 Å². The number of hydrogen-bond donors (Lipinski definition) is 1. The summed E-state index contributed by atoms with van der Waals surface area (Å²) in [6.45, 7) is -24.7. The van der Waals surface area contributed by atoms with Gasteiger partial charge in [-0.1, -0.05) is 150 Å². The Labute approximate surface area is 759 Å². The zero-order valence-electron chi connectivity index (χ0n) is 132. The van der Waals surface area contributed by atoms with Crippen LogP contribution in [0.2, 0.25) is 0 Å². The molecule has 0 spiro atoms. The maximum Gasteiger partial charge on any atom is 0.302 e. The average Bonchev–Trinajstić information content (AvgIpc) is 1.59. The molecule has 1 N–H and O–H groups in total. The van der Waals surface area contributed by atoms with Gasteiger partial charge in [0, 0.05) is 155 Å². The first-order chi connectivity index (χ1) is 81.8. The number of carbonyl (C=O) groups is 3. The van der Waals surface area contributed by atoms with Crippen LogP contribution in [0.1, 0.15) is 369 Å². The molecule has 110 heavy (non-hydrogen) atoms. The summed E-state index contributed by atoms with van der Waals surface area (Å²) >= 11 is 0. The fourth-order valence-corrected chi connectivity index (χ4v) is 19.7. The quantitative estimate of drug-likeness (QED) is 0.146. The summed E-state index contributed by atoms with van der Waals surface area (Å²) in [6, 6.07) is -13.9. The van der Waals surface area contributed by atoms with Gasteiger partial charge in [0.1, 0.15) is 18.0 Å². The van der Waals surface area contributed by atoms with E-state index in [1.54, 1.807) is 0 Å². The molecule has 582 valence electrons. The van der Waals surface area contributed by atoms with Crippen molar-refractivity contribution < 1.29 is 128 Å². The van der Waals surface area contributed by atoms with Crippen LogP contribution in [0.15, 0.2) is 168 Å². The number of esters is 2. The zero-order valence-corrected chi connectivity index (χ0v) is 59.8. The van der Waals surface area contributed by atoms with Crippen molar-refractivity contribution in [1.29, 1.82) is 0 Å². The summed E-state index contributed by atoms with van der Waals surface area (Å²) < 4.78 is 643. The van der Waals surface area contributed by atoms with E-state index in [4.69, 9.17) is 97.2 Å². The largest absolute Gasteiger partial charge is 0.462 e. The molecule has 8 fully saturated rings. The summed E-state index contributed by atoms with van der Waals surface area (Å²) in [5.74, 6) is -24.2. The highest BCUT2D eigenvalue weighted by atomic mass is 16.5. The number of aromatic nitrogens is 4. The Hall–Kier alpha value is -6.91. The minimum absolute atomic E-state index is 0.0674. The SMILES string of the molecule is [2H]C1=C2CC(=O)CC([2H])([2H])[C@]2(C([2H])([2H])[2H])C2CC([2H])([2H])[C@]3(C([2H])([2H])[2H])C(c4c([2H])nc([2H])c([2H])c4[2H])=C([2H])C([2H])([2H])C3C2C1([2H])[2H].[2H]C1=C2C[C@@H](O)CC([2H])([2H])[C@]2(C([2H])([2H])[2H])C2CC([2H])([2H])[C@]3(C([2H])([2H])[2H])C(c4c([2H])nc([2H])c([2H])c4[2H])=C([2H])C([2H])([2H])C3C2C1([2H])[2H].[2H]C1=C2C[C@@H](OC(C)=O)CC([2H])([2H])[C@]2(C([2H])([2H])[2H])C2CC([2H])([2H])[C@]3(C([2H])([2H])[2H])C(c4c([2H])nc([2H])c([2H])c4[2H])=C([2H])CC3C2C1.[2H]C1=C2C[C@@H](OC(C)=O)CC[C@]2(C([2H])([2H])[2H])C2CC([2H])([2H])[C@]3(C([2H])([2H])[2H])C(c4c([2H])nc([2H])c([2H])c4[2H])=C([2H])C([2H])([2H])C3C2C1. The van der Waals surface area contributed by atoms with Gasteiger partial charge in [-0.2, -0.15) is 0 Å². The van der Waals surface area contributed by atoms with Crippen LogP contribution in [0, 0.1) is 114 Å². The van der Waals surface area contributed by atoms with Crippen molar-refractivity contribution in [2.75, 3.05) is 0 Å². The second-order valence-corrected chi connectivity index (χ2v) is 30.8. The molecule has 0 bridgehead atoms. The number of Topliss-reactive ketones (excluding diaryl/α,β-unsaturated/α-hetero) is 1. The maximum absolute atomic E-state index is 12.7. The lowest BCUT2D eigenvalue weighted by Gasteiger charge is -2.57. The number of rotatable bonds is 6. The van der Waals surface area contributed by atoms with Gasteiger partial charge in [0.25, 0.3) is 0 Å². The monoisotopic (exact) mass is 1550 g/mol. The molecule has 0 saturated heterocycles. The van der Waals surface area contributed by atoms with Crippen molar-refractivity contribution in [3.05, 3.63) is 191 Å². The molecule has 0 amide bonds. The van der Waals surface area contributed by atoms with Crippen molar-refractivity contribution in [3.8, 4) is 0 Å². The molecule has 4 heterocycles. The van der Waals surface area contributed by atoms with Gasteiger partial charge in [-0.05, 0) is 337 Å². The van der Waals surface area contributed by atoms with E-state index in [0.29, 0.717) is 0 Å². The lowest BCUT2D eigenvalue weighted by molar-refractivity contribution is -0.149. The van der Waals surface area contributed by atoms with E-state index in [1.165, 1.54) is 6.92 Å². The van der Waals surface area contributed by atoms with E-state index in [0.717, 1.165) is 6.92 Å². The van der Waals surface area contributed by atoms with Crippen LogP contribution < -0.4 is 0 Å². The van der Waals surface area contributed by atoms with E-state index in [2.05, 4.69) is 19.9 Å². The molecule has 10 heteroatoms. The van der Waals surface area contributed by atoms with Crippen molar-refractivity contribution in [3.63, 3.8) is 0 Å². The number of aliphatic hydroxyl groups is 1. The Kier molecular flexibility index (Phi) is 7.81. The lowest BCUT2D eigenvalue weighted by Crippen LogP contribution is -2.50. The molecule has 16 aliphatic rings. The molecule has 10 nitrogen and oxygen atoms in total. The number of hydrogen-bond acceptors (Lipinski definition) is 10. The fourth-order valence-electron chi connectivity index (χ4n) is 19.7. The summed E-state index contributed by atoms with van der Waals surface area (Å²) in [4.78, 5) is 50.5. The highest BCUT2D eigenvalue weighted by Gasteiger charge is 2.62. The Balaban J connectivity index is 0.000000160. The van der Waals surface area contributed by atoms with E-state index >= 15 is 0 Å². The van der Waals surface area contributed by atoms with Crippen molar-refractivity contribution in [1.82, 2.24) is 19.9 Å². The Morgan fingerprint density at radius 3 is 1.27 bits per heavy atom. The normalized spacial score (nSPS) is 58.5. The van der Waals surface area contributed by atoms with Crippen molar-refractivity contribution in [2.24, 2.45) is 114 Å². The molecule has 4 aromatic rings. The Bertz CT molecular complexity index is 8090. The van der Waals surface area contributed by atoms with Gasteiger partial charge in [-0.25, -0.2) is 0 Å². The number of nitrogens with zero attached hydrogens (tertiary/aromatic N) is 4. The number of pyridine rings is 4. The fraction of sp³-hybridized carbons (Fsp3) is 0.610. The number of allylic oxidation sites excluding steroid dienone is 13. The molecule has 12 unspecified atom stereocenters. The predicted octanol–water partition coefficient (Wildman–Crippen LogP) is 22.9. The third kappa shape index (κ3) is 12.8. The second kappa shape index (κ2) is 29.2. The zero-order chi connectivity index (χ0) is 139. The average molecular weight is 1550 g/mol. The molecule has 20 rings (SSSR count). The number of carbonyl (C=O) groups excluding carboxylic acids is 3. The van der Waals surface area contributed by atoms with E-state index in [-0.39, 0.29) is 61.8 Å². The molecule has 8 saturated carbocycles. The summed E-state index contributed by atoms with van der Waals surface area (Å²) in [6.07, 6.45) is -56.8. The molecule has 0 aromatic carbocycles. The standard InChI is InChI=1S/2C26H33NO2.C24H31NO.C24H29NO/c2*1-17(28)29-20-10-12-25(2)19(15-20)6-7-21-23-9-8-22(18-5-4-14-27-16-18)26(23,3)13-11-24(21)25;2*1-23-11-9-18(26)14-17(23)5-6-19-21-8-7-20(16-4-3-13-25-15-16)24(21,2)12-10-22(19)23/h2*4-6,8,14,16,20-21,23-24H,7,9-13,15H2,1-3H3;3-5,7,13,15,18-19,21-22,26H,6,8-12,14H2,1-2H3;3-5,7,13,15,19,21-22H,6,8-12,14H2,1-2H3/t2*20-,21?,23?,24?,25-,26+;18-,19?,21?,22?,23-,24+;19?,21?,22?,23-,24+/m0000/s1/i2D3,3D3,4D,5D,6D,8D,12D2,13D2,14D,16D;2D3,3D3,4D,5D,6D,8D,9D2,13D2,14D,16D;2*1D3,2D3,3D,4D,5D,6D2,7D,8D2,11D2,12D2,13D,15D. The Morgan fingerprint density at radius 1 is 0.409 bits per heavy atom. The van der Waals surface area contributed by atoms with Crippen LogP contribution >= 0.6 is 0 Å². The highest BCUT2D eigenvalue weighted by molar-refractivity contribution is 5.83. The van der Waals surface area contributed by atoms with Gasteiger partial charge in [-0.15, -0.1) is 0 Å². The lowest BCUT2D eigenvalue weighted by atomic mass is 9.47. The minimum Gasteiger partial charge on any atom is -0.462 e. The number of ketones is 1. The van der Waals surface area contributed by atoms with Crippen molar-refractivity contribution in [2.45, 2.75) is 266 Å². The molecule has 16 aliphatic carbocycles. The third-order valence-corrected chi connectivity index (χ3v) is 25.1. The Morgan fingerprint density at radius 2 is 0.791 bits per heavy atom. The van der Waals surface area contributed by atoms with Gasteiger partial charge in [0.05, 0.1) is 39.0 Å². The molecule has 23 atom stereocenters. The van der Waals surface area contributed by atoms with Gasteiger partial charge < -0.3 is 14.6 Å². The van der Waals surface area contributed by atoms with Crippen LogP contribution in [0.4, 0.5) is 0 Å². The van der Waals surface area contributed by atoms with Gasteiger partial charge in [0.15, 0.2) is 0 Å². The van der Waals surface area contributed by atoms with E-state index < -0.39 is 536 Å². The van der Waals surface area contributed by atoms with Gasteiger partial charge >= 0.3 is 11.9 Å². The summed E-state index contributed by atoms with van der Waals surface area (Å²) in [7, 11) is 0. The first-order valence-electron chi connectivity index (χ1n) is 72.8. The van der Waals surface area contributed by atoms with Crippen LogP contribution in [-0.4, -0.2) is 61.1 Å². The van der Waals surface area contributed by atoms with Crippen LogP contribution in [0.3, 0.4) is 0 Å². The first kappa shape index (κ1) is 29.4. The summed E-state index contributed by atoms with van der Waals surface area (Å²) in [5, 5.41) is 10.5. The van der Waals surface area contributed by atoms with E-state index in [9.17, 15) is 30.5 Å². The predicted molar refractivity (Wildman–Crippen MR) is 439 cm³/mol. The molecule has 0 radical (unpaired) electrons. The highest BCUT2D eigenvalue weighted by Crippen LogP contribution is 2.72. The summed E-state index contributed by atoms with van der Waals surface area (Å²) in [5.41, 5.74) is -30.2. The van der Waals surface area contributed by atoms with Crippen LogP contribution in [0.25, 0.3) is 22.3 Å². The van der Waals surface area contributed by atoms with Gasteiger partial charge in [0.2, 0.25) is 0 Å².